The average molecular weight is 319 g/mol. The van der Waals surface area contributed by atoms with Gasteiger partial charge in [0.1, 0.15) is 0 Å². The van der Waals surface area contributed by atoms with Crippen LogP contribution in [0.4, 0.5) is 0 Å². The molecule has 1 fully saturated rings. The van der Waals surface area contributed by atoms with E-state index >= 15 is 0 Å². The highest BCUT2D eigenvalue weighted by atomic mass is 16.5. The number of likely N-dealkylation sites (tertiary alicyclic amines) is 1. The van der Waals surface area contributed by atoms with Crippen molar-refractivity contribution in [2.75, 3.05) is 19.7 Å². The molecule has 23 heavy (non-hydrogen) atoms. The summed E-state index contributed by atoms with van der Waals surface area (Å²) < 4.78 is 4.98. The van der Waals surface area contributed by atoms with Gasteiger partial charge in [0.2, 0.25) is 0 Å². The van der Waals surface area contributed by atoms with Crippen LogP contribution in [0, 0.1) is 5.92 Å². The first kappa shape index (κ1) is 16.9. The van der Waals surface area contributed by atoms with Crippen LogP contribution in [0.15, 0.2) is 24.5 Å². The average Bonchev–Trinajstić information content (AvgIpc) is 2.60. The fraction of sp³-hybridized carbons (Fsp3) is 0.500. The first-order valence-corrected chi connectivity index (χ1v) is 7.74. The molecule has 0 radical (unpaired) electrons. The Bertz CT molecular complexity index is 554. The Morgan fingerprint density at radius 1 is 1.35 bits per heavy atom. The van der Waals surface area contributed by atoms with Crippen LogP contribution in [0.2, 0.25) is 0 Å². The second-order valence-corrected chi connectivity index (χ2v) is 5.36. The standard InChI is InChI=1S/C16H21N3O4/c1-2-23-16(22)13-5-8-19(9-6-13)15(21)14(20)18-11-12-4-3-7-17-10-12/h3-4,7,10,13H,2,5-6,8-9,11H2,1H3,(H,18,20). The highest BCUT2D eigenvalue weighted by Crippen LogP contribution is 2.18. The van der Waals surface area contributed by atoms with Gasteiger partial charge in [-0.3, -0.25) is 19.4 Å². The number of nitrogens with one attached hydrogen (secondary N) is 1. The molecule has 1 aromatic rings. The molecular formula is C16H21N3O4. The molecule has 0 unspecified atom stereocenters. The van der Waals surface area contributed by atoms with Gasteiger partial charge in [0.05, 0.1) is 12.5 Å². The van der Waals surface area contributed by atoms with Gasteiger partial charge in [-0.05, 0) is 31.4 Å². The Kier molecular flexibility index (Phi) is 6.08. The van der Waals surface area contributed by atoms with E-state index in [0.717, 1.165) is 5.56 Å². The molecule has 0 bridgehead atoms. The van der Waals surface area contributed by atoms with E-state index < -0.39 is 11.8 Å². The van der Waals surface area contributed by atoms with Crippen LogP contribution in [-0.2, 0) is 25.7 Å². The molecule has 1 aliphatic heterocycles. The molecule has 0 saturated carbocycles. The van der Waals surface area contributed by atoms with E-state index in [0.29, 0.717) is 32.5 Å². The number of amides is 2. The van der Waals surface area contributed by atoms with Gasteiger partial charge in [0.15, 0.2) is 0 Å². The molecule has 124 valence electrons. The van der Waals surface area contributed by atoms with E-state index in [4.69, 9.17) is 4.74 Å². The van der Waals surface area contributed by atoms with Crippen molar-refractivity contribution >= 4 is 17.8 Å². The van der Waals surface area contributed by atoms with Gasteiger partial charge in [-0.25, -0.2) is 0 Å². The van der Waals surface area contributed by atoms with Crippen LogP contribution in [0.5, 0.6) is 0 Å². The van der Waals surface area contributed by atoms with E-state index in [2.05, 4.69) is 10.3 Å². The first-order chi connectivity index (χ1) is 11.1. The molecule has 0 spiro atoms. The summed E-state index contributed by atoms with van der Waals surface area (Å²) in [5.74, 6) is -1.60. The quantitative estimate of drug-likeness (QED) is 0.645. The Hall–Kier alpha value is -2.44. The lowest BCUT2D eigenvalue weighted by Gasteiger charge is -2.30. The summed E-state index contributed by atoms with van der Waals surface area (Å²) in [6, 6.07) is 3.59. The van der Waals surface area contributed by atoms with Crippen molar-refractivity contribution in [3.8, 4) is 0 Å². The molecule has 0 aromatic carbocycles. The third-order valence-corrected chi connectivity index (χ3v) is 3.77. The molecule has 1 aliphatic rings. The largest absolute Gasteiger partial charge is 0.466 e. The van der Waals surface area contributed by atoms with E-state index in [1.54, 1.807) is 25.4 Å². The zero-order valence-electron chi connectivity index (χ0n) is 13.2. The number of carbonyl (C=O) groups excluding carboxylic acids is 3. The van der Waals surface area contributed by atoms with Gasteiger partial charge in [-0.1, -0.05) is 6.07 Å². The molecule has 1 aromatic heterocycles. The van der Waals surface area contributed by atoms with E-state index in [1.165, 1.54) is 4.90 Å². The van der Waals surface area contributed by atoms with Crippen LogP contribution >= 0.6 is 0 Å². The molecule has 1 N–H and O–H groups in total. The van der Waals surface area contributed by atoms with E-state index in [-0.39, 0.29) is 18.4 Å². The van der Waals surface area contributed by atoms with E-state index in [9.17, 15) is 14.4 Å². The lowest BCUT2D eigenvalue weighted by Crippen LogP contribution is -2.47. The Morgan fingerprint density at radius 2 is 2.09 bits per heavy atom. The van der Waals surface area contributed by atoms with Gasteiger partial charge < -0.3 is 15.0 Å². The number of hydrogen-bond donors (Lipinski definition) is 1. The summed E-state index contributed by atoms with van der Waals surface area (Å²) in [6.45, 7) is 3.17. The minimum absolute atomic E-state index is 0.183. The summed E-state index contributed by atoms with van der Waals surface area (Å²) in [5.41, 5.74) is 0.828. The molecule has 2 amide bonds. The second-order valence-electron chi connectivity index (χ2n) is 5.36. The van der Waals surface area contributed by atoms with Gasteiger partial charge in [0, 0.05) is 32.0 Å². The lowest BCUT2D eigenvalue weighted by molar-refractivity contribution is -0.152. The summed E-state index contributed by atoms with van der Waals surface area (Å²) in [7, 11) is 0. The van der Waals surface area contributed by atoms with Crippen LogP contribution in [0.1, 0.15) is 25.3 Å². The maximum Gasteiger partial charge on any atom is 0.311 e. The number of piperidine rings is 1. The van der Waals surface area contributed by atoms with Gasteiger partial charge in [-0.15, -0.1) is 0 Å². The van der Waals surface area contributed by atoms with Crippen LogP contribution < -0.4 is 5.32 Å². The Morgan fingerprint density at radius 3 is 2.70 bits per heavy atom. The van der Waals surface area contributed by atoms with Gasteiger partial charge in [-0.2, -0.15) is 0 Å². The summed E-state index contributed by atoms with van der Waals surface area (Å²) in [5, 5.41) is 2.59. The fourth-order valence-corrected chi connectivity index (χ4v) is 2.48. The predicted octanol–water partition coefficient (Wildman–Crippen LogP) is 0.499. The third kappa shape index (κ3) is 4.77. The minimum Gasteiger partial charge on any atom is -0.466 e. The molecule has 2 rings (SSSR count). The molecule has 1 saturated heterocycles. The monoisotopic (exact) mass is 319 g/mol. The van der Waals surface area contributed by atoms with Crippen molar-refractivity contribution in [1.29, 1.82) is 0 Å². The van der Waals surface area contributed by atoms with Crippen molar-refractivity contribution < 1.29 is 19.1 Å². The molecular weight excluding hydrogens is 298 g/mol. The summed E-state index contributed by atoms with van der Waals surface area (Å²) in [4.78, 5) is 41.1. The number of rotatable bonds is 4. The minimum atomic E-state index is -0.636. The highest BCUT2D eigenvalue weighted by molar-refractivity contribution is 6.35. The second kappa shape index (κ2) is 8.26. The predicted molar refractivity (Wildman–Crippen MR) is 82.0 cm³/mol. The molecule has 0 aliphatic carbocycles. The number of hydrogen-bond acceptors (Lipinski definition) is 5. The lowest BCUT2D eigenvalue weighted by atomic mass is 9.97. The number of carbonyl (C=O) groups is 3. The number of nitrogens with zero attached hydrogens (tertiary/aromatic N) is 2. The number of esters is 1. The van der Waals surface area contributed by atoms with Crippen LogP contribution in [-0.4, -0.2) is 47.4 Å². The maximum absolute atomic E-state index is 12.1. The highest BCUT2D eigenvalue weighted by Gasteiger charge is 2.30. The smallest absolute Gasteiger partial charge is 0.311 e. The topological polar surface area (TPSA) is 88.6 Å². The van der Waals surface area contributed by atoms with Crippen molar-refractivity contribution in [3.05, 3.63) is 30.1 Å². The summed E-state index contributed by atoms with van der Waals surface area (Å²) >= 11 is 0. The van der Waals surface area contributed by atoms with Crippen molar-refractivity contribution in [3.63, 3.8) is 0 Å². The van der Waals surface area contributed by atoms with E-state index in [1.807, 2.05) is 6.07 Å². The first-order valence-electron chi connectivity index (χ1n) is 7.74. The van der Waals surface area contributed by atoms with Gasteiger partial charge in [0.25, 0.3) is 0 Å². The van der Waals surface area contributed by atoms with Crippen molar-refractivity contribution in [2.45, 2.75) is 26.3 Å². The number of ether oxygens (including phenoxy) is 1. The fourth-order valence-electron chi connectivity index (χ4n) is 2.48. The van der Waals surface area contributed by atoms with Crippen LogP contribution in [0.3, 0.4) is 0 Å². The normalized spacial score (nSPS) is 15.1. The Labute approximate surface area is 135 Å². The van der Waals surface area contributed by atoms with Crippen LogP contribution in [0.25, 0.3) is 0 Å². The molecule has 2 heterocycles. The number of pyridine rings is 1. The van der Waals surface area contributed by atoms with Crippen molar-refractivity contribution in [1.82, 2.24) is 15.2 Å². The Balaban J connectivity index is 1.78. The van der Waals surface area contributed by atoms with Gasteiger partial charge >= 0.3 is 17.8 Å². The van der Waals surface area contributed by atoms with Crippen molar-refractivity contribution in [2.24, 2.45) is 5.92 Å². The third-order valence-electron chi connectivity index (χ3n) is 3.77. The molecule has 7 nitrogen and oxygen atoms in total. The molecule has 0 atom stereocenters. The molecule has 7 heteroatoms. The zero-order valence-corrected chi connectivity index (χ0v) is 13.2. The number of aromatic nitrogens is 1. The zero-order chi connectivity index (χ0) is 16.7. The SMILES string of the molecule is CCOC(=O)C1CCN(C(=O)C(=O)NCc2cccnc2)CC1. The summed E-state index contributed by atoms with van der Waals surface area (Å²) in [6.07, 6.45) is 4.33. The maximum atomic E-state index is 12.1.